The van der Waals surface area contributed by atoms with Gasteiger partial charge >= 0.3 is 5.97 Å². The van der Waals surface area contributed by atoms with Crippen molar-refractivity contribution in [3.05, 3.63) is 0 Å². The second kappa shape index (κ2) is 6.02. The first kappa shape index (κ1) is 13.4. The summed E-state index contributed by atoms with van der Waals surface area (Å²) in [6.07, 6.45) is 3.46. The summed E-state index contributed by atoms with van der Waals surface area (Å²) >= 11 is 0. The van der Waals surface area contributed by atoms with Crippen LogP contribution in [0, 0.1) is 11.3 Å². The second-order valence-electron chi connectivity index (χ2n) is 3.78. The van der Waals surface area contributed by atoms with Crippen molar-refractivity contribution in [3.63, 3.8) is 0 Å². The highest BCUT2D eigenvalue weighted by atomic mass is 16.4. The van der Waals surface area contributed by atoms with Gasteiger partial charge in [-0.05, 0) is 30.7 Å². The Labute approximate surface area is 86.7 Å². The Morgan fingerprint density at radius 1 is 1.57 bits per heavy atom. The molecule has 0 aromatic heterocycles. The fourth-order valence-corrected chi connectivity index (χ4v) is 2.27. The number of nitrogens with two attached hydrogens (primary N) is 1. The minimum Gasteiger partial charge on any atom is -0.481 e. The number of carboxylic acid groups (broad SMARTS) is 1. The predicted molar refractivity (Wildman–Crippen MR) is 58.1 cm³/mol. The predicted octanol–water partition coefficient (Wildman–Crippen LogP) is 2.25. The van der Waals surface area contributed by atoms with Crippen LogP contribution in [0.1, 0.15) is 46.5 Å². The van der Waals surface area contributed by atoms with Crippen LogP contribution in [-0.2, 0) is 4.79 Å². The third-order valence-electron chi connectivity index (χ3n) is 3.26. The SMILES string of the molecule is CC.CC[C@@H]1CC[C@]1(CN)CC(=O)O. The molecule has 0 aromatic carbocycles. The zero-order valence-corrected chi connectivity index (χ0v) is 9.55. The van der Waals surface area contributed by atoms with Crippen LogP contribution in [0.3, 0.4) is 0 Å². The molecule has 3 heteroatoms. The number of carboxylic acids is 1. The lowest BCUT2D eigenvalue weighted by molar-refractivity contribution is -0.143. The number of hydrogen-bond acceptors (Lipinski definition) is 2. The molecule has 14 heavy (non-hydrogen) atoms. The average Bonchev–Trinajstić information content (AvgIpc) is 2.16. The molecule has 1 fully saturated rings. The van der Waals surface area contributed by atoms with Gasteiger partial charge < -0.3 is 10.8 Å². The van der Waals surface area contributed by atoms with Gasteiger partial charge in [-0.3, -0.25) is 4.79 Å². The van der Waals surface area contributed by atoms with E-state index in [-0.39, 0.29) is 11.8 Å². The highest BCUT2D eigenvalue weighted by molar-refractivity contribution is 5.68. The molecule has 0 radical (unpaired) electrons. The first-order valence-corrected chi connectivity index (χ1v) is 5.56. The summed E-state index contributed by atoms with van der Waals surface area (Å²) in [7, 11) is 0. The standard InChI is InChI=1S/C9H17NO2.C2H6/c1-2-7-3-4-9(7,6-10)5-8(11)12;1-2/h7H,2-6,10H2,1H3,(H,11,12);1-2H3/t7-,9-;/m1./s1. The first-order valence-electron chi connectivity index (χ1n) is 5.56. The van der Waals surface area contributed by atoms with Gasteiger partial charge in [0.2, 0.25) is 0 Å². The summed E-state index contributed by atoms with van der Waals surface area (Å²) in [5.74, 6) is -0.169. The van der Waals surface area contributed by atoms with Crippen molar-refractivity contribution in [1.82, 2.24) is 0 Å². The Morgan fingerprint density at radius 2 is 2.14 bits per heavy atom. The van der Waals surface area contributed by atoms with Crippen LogP contribution in [0.4, 0.5) is 0 Å². The third-order valence-corrected chi connectivity index (χ3v) is 3.26. The van der Waals surface area contributed by atoms with Crippen molar-refractivity contribution in [2.75, 3.05) is 6.54 Å². The second-order valence-corrected chi connectivity index (χ2v) is 3.78. The molecule has 2 atom stereocenters. The van der Waals surface area contributed by atoms with Crippen LogP contribution in [0.25, 0.3) is 0 Å². The van der Waals surface area contributed by atoms with Crippen molar-refractivity contribution in [3.8, 4) is 0 Å². The van der Waals surface area contributed by atoms with E-state index < -0.39 is 5.97 Å². The highest BCUT2D eigenvalue weighted by Crippen LogP contribution is 2.50. The van der Waals surface area contributed by atoms with E-state index >= 15 is 0 Å². The van der Waals surface area contributed by atoms with Crippen LogP contribution in [-0.4, -0.2) is 17.6 Å². The van der Waals surface area contributed by atoms with Crippen LogP contribution in [0.2, 0.25) is 0 Å². The van der Waals surface area contributed by atoms with E-state index in [1.54, 1.807) is 0 Å². The molecule has 0 aromatic rings. The third kappa shape index (κ3) is 2.71. The summed E-state index contributed by atoms with van der Waals surface area (Å²) in [6, 6.07) is 0. The molecule has 0 unspecified atom stereocenters. The summed E-state index contributed by atoms with van der Waals surface area (Å²) in [5.41, 5.74) is 5.55. The van der Waals surface area contributed by atoms with Crippen LogP contribution < -0.4 is 5.73 Å². The molecule has 0 heterocycles. The largest absolute Gasteiger partial charge is 0.481 e. The molecule has 3 N–H and O–H groups in total. The van der Waals surface area contributed by atoms with Gasteiger partial charge in [-0.2, -0.15) is 0 Å². The number of aliphatic carboxylic acids is 1. The van der Waals surface area contributed by atoms with Gasteiger partial charge in [0.25, 0.3) is 0 Å². The minimum atomic E-state index is -0.710. The Kier molecular flexibility index (Phi) is 5.77. The van der Waals surface area contributed by atoms with Crippen molar-refractivity contribution in [2.24, 2.45) is 17.1 Å². The van der Waals surface area contributed by atoms with Crippen molar-refractivity contribution in [1.29, 1.82) is 0 Å². The molecule has 1 aliphatic rings. The molecule has 0 spiro atoms. The molecule has 84 valence electrons. The van der Waals surface area contributed by atoms with Crippen LogP contribution >= 0.6 is 0 Å². The first-order chi connectivity index (χ1) is 6.64. The Balaban J connectivity index is 0.000000791. The molecular formula is C11H23NO2. The number of rotatable bonds is 4. The number of carbonyl (C=O) groups is 1. The molecule has 0 aliphatic heterocycles. The Hall–Kier alpha value is -0.570. The fraction of sp³-hybridized carbons (Fsp3) is 0.909. The summed E-state index contributed by atoms with van der Waals surface area (Å²) in [5, 5.41) is 8.70. The lowest BCUT2D eigenvalue weighted by Crippen LogP contribution is -2.47. The minimum absolute atomic E-state index is 0.0689. The van der Waals surface area contributed by atoms with Crippen molar-refractivity contribution < 1.29 is 9.90 Å². The van der Waals surface area contributed by atoms with Crippen LogP contribution in [0.15, 0.2) is 0 Å². The van der Waals surface area contributed by atoms with Gasteiger partial charge in [-0.1, -0.05) is 27.2 Å². The normalized spacial score (nSPS) is 29.9. The van der Waals surface area contributed by atoms with E-state index in [1.165, 1.54) is 0 Å². The fourth-order valence-electron chi connectivity index (χ4n) is 2.27. The van der Waals surface area contributed by atoms with Gasteiger partial charge in [0.15, 0.2) is 0 Å². The maximum atomic E-state index is 10.6. The number of hydrogen-bond donors (Lipinski definition) is 2. The molecule has 1 aliphatic carbocycles. The lowest BCUT2D eigenvalue weighted by atomic mass is 9.57. The van der Waals surface area contributed by atoms with Gasteiger partial charge in [-0.15, -0.1) is 0 Å². The summed E-state index contributed by atoms with van der Waals surface area (Å²) in [6.45, 7) is 6.63. The summed E-state index contributed by atoms with van der Waals surface area (Å²) < 4.78 is 0. The van der Waals surface area contributed by atoms with Crippen LogP contribution in [0.5, 0.6) is 0 Å². The van der Waals surface area contributed by atoms with E-state index in [1.807, 2.05) is 13.8 Å². The molecule has 3 nitrogen and oxygen atoms in total. The Bertz CT molecular complexity index is 176. The molecule has 0 saturated heterocycles. The topological polar surface area (TPSA) is 63.3 Å². The van der Waals surface area contributed by atoms with Gasteiger partial charge in [-0.25, -0.2) is 0 Å². The van der Waals surface area contributed by atoms with E-state index in [0.717, 1.165) is 19.3 Å². The molecule has 0 amide bonds. The molecule has 1 rings (SSSR count). The van der Waals surface area contributed by atoms with Gasteiger partial charge in [0.05, 0.1) is 6.42 Å². The zero-order chi connectivity index (χ0) is 11.2. The highest BCUT2D eigenvalue weighted by Gasteiger charge is 2.45. The molecule has 1 saturated carbocycles. The van der Waals surface area contributed by atoms with E-state index in [4.69, 9.17) is 10.8 Å². The van der Waals surface area contributed by atoms with Crippen molar-refractivity contribution in [2.45, 2.75) is 46.5 Å². The monoisotopic (exact) mass is 201 g/mol. The lowest BCUT2D eigenvalue weighted by Gasteiger charge is -2.48. The zero-order valence-electron chi connectivity index (χ0n) is 9.55. The molecular weight excluding hydrogens is 178 g/mol. The molecule has 0 bridgehead atoms. The van der Waals surface area contributed by atoms with Gasteiger partial charge in [0, 0.05) is 0 Å². The smallest absolute Gasteiger partial charge is 0.303 e. The van der Waals surface area contributed by atoms with E-state index in [2.05, 4.69) is 6.92 Å². The quantitative estimate of drug-likeness (QED) is 0.733. The average molecular weight is 201 g/mol. The van der Waals surface area contributed by atoms with Gasteiger partial charge in [0.1, 0.15) is 0 Å². The summed E-state index contributed by atoms with van der Waals surface area (Å²) in [4.78, 5) is 10.6. The maximum Gasteiger partial charge on any atom is 0.303 e. The maximum absolute atomic E-state index is 10.6. The van der Waals surface area contributed by atoms with E-state index in [0.29, 0.717) is 12.5 Å². The van der Waals surface area contributed by atoms with E-state index in [9.17, 15) is 4.79 Å². The van der Waals surface area contributed by atoms with Crippen molar-refractivity contribution >= 4 is 5.97 Å². The Morgan fingerprint density at radius 3 is 2.36 bits per heavy atom.